The van der Waals surface area contributed by atoms with E-state index in [0.717, 1.165) is 11.5 Å². The molecule has 0 unspecified atom stereocenters. The van der Waals surface area contributed by atoms with Gasteiger partial charge in [-0.15, -0.1) is 10.2 Å². The van der Waals surface area contributed by atoms with Crippen molar-refractivity contribution in [2.75, 3.05) is 26.7 Å². The third kappa shape index (κ3) is 3.26. The van der Waals surface area contributed by atoms with Gasteiger partial charge in [0.15, 0.2) is 17.4 Å². The maximum Gasteiger partial charge on any atom is 0.324 e. The molecule has 2 aromatic rings. The lowest BCUT2D eigenvalue weighted by molar-refractivity contribution is -0.124. The van der Waals surface area contributed by atoms with Crippen LogP contribution in [0, 0.1) is 0 Å². The van der Waals surface area contributed by atoms with Crippen LogP contribution in [0.2, 0.25) is 0 Å². The molecule has 0 spiro atoms. The number of hydrogen-bond acceptors (Lipinski definition) is 5. The number of guanidine groups is 1. The normalized spacial score (nSPS) is 15.0. The summed E-state index contributed by atoms with van der Waals surface area (Å²) in [6.07, 6.45) is 1.89. The molecule has 2 aromatic heterocycles. The number of hydrogen-bond donors (Lipinski definition) is 3. The van der Waals surface area contributed by atoms with Gasteiger partial charge in [-0.05, 0) is 12.1 Å². The largest absolute Gasteiger partial charge is 0.355 e. The molecule has 1 saturated heterocycles. The summed E-state index contributed by atoms with van der Waals surface area (Å²) in [7, 11) is 1.64. The van der Waals surface area contributed by atoms with Gasteiger partial charge in [-0.2, -0.15) is 0 Å². The molecule has 0 saturated carbocycles. The molecule has 3 N–H and O–H groups in total. The Balaban J connectivity index is 1.50. The topological polar surface area (TPSA) is 116 Å². The highest BCUT2D eigenvalue weighted by Gasteiger charge is 2.27. The van der Waals surface area contributed by atoms with Crippen LogP contribution in [0.25, 0.3) is 5.65 Å². The van der Waals surface area contributed by atoms with Crippen LogP contribution in [0.3, 0.4) is 0 Å². The first-order valence-corrected chi connectivity index (χ1v) is 7.50. The summed E-state index contributed by atoms with van der Waals surface area (Å²) in [5, 5.41) is 16.9. The molecule has 0 radical (unpaired) electrons. The van der Waals surface area contributed by atoms with Crippen molar-refractivity contribution in [2.24, 2.45) is 4.99 Å². The number of urea groups is 1. The van der Waals surface area contributed by atoms with Gasteiger partial charge in [0.2, 0.25) is 5.91 Å². The molecule has 1 fully saturated rings. The Hall–Kier alpha value is -3.17. The zero-order chi connectivity index (χ0) is 16.9. The molecule has 3 rings (SSSR count). The van der Waals surface area contributed by atoms with E-state index in [2.05, 4.69) is 31.1 Å². The van der Waals surface area contributed by atoms with Crippen molar-refractivity contribution < 1.29 is 9.59 Å². The average molecular weight is 330 g/mol. The Morgan fingerprint density at radius 1 is 1.33 bits per heavy atom. The van der Waals surface area contributed by atoms with E-state index in [-0.39, 0.29) is 25.0 Å². The first-order valence-electron chi connectivity index (χ1n) is 7.50. The van der Waals surface area contributed by atoms with Gasteiger partial charge in [-0.3, -0.25) is 19.1 Å². The molecule has 1 aliphatic rings. The third-order valence-corrected chi connectivity index (χ3v) is 3.59. The summed E-state index contributed by atoms with van der Waals surface area (Å²) < 4.78 is 1.88. The standard InChI is InChI=1S/C14H18N8O2/c1-15-13(16-5-7-22-12(23)9-18-14(22)24)17-8-11-20-19-10-4-2-3-6-21(10)11/h2-4,6H,5,7-9H2,1H3,(H,18,24)(H2,15,16,17). The second kappa shape index (κ2) is 6.94. The van der Waals surface area contributed by atoms with E-state index >= 15 is 0 Å². The first kappa shape index (κ1) is 15.7. The molecule has 3 heterocycles. The van der Waals surface area contributed by atoms with Crippen LogP contribution < -0.4 is 16.0 Å². The van der Waals surface area contributed by atoms with Gasteiger partial charge in [0.05, 0.1) is 13.1 Å². The van der Waals surface area contributed by atoms with Crippen LogP contribution >= 0.6 is 0 Å². The number of amides is 3. The maximum absolute atomic E-state index is 11.5. The molecule has 3 amide bonds. The Morgan fingerprint density at radius 2 is 2.21 bits per heavy atom. The molecule has 1 aliphatic heterocycles. The van der Waals surface area contributed by atoms with Crippen molar-refractivity contribution in [3.63, 3.8) is 0 Å². The summed E-state index contributed by atoms with van der Waals surface area (Å²) in [6.45, 7) is 1.18. The van der Waals surface area contributed by atoms with E-state index in [9.17, 15) is 9.59 Å². The van der Waals surface area contributed by atoms with Gasteiger partial charge < -0.3 is 16.0 Å². The van der Waals surface area contributed by atoms with Gasteiger partial charge in [-0.25, -0.2) is 4.79 Å². The predicted octanol–water partition coefficient (Wildman–Crippen LogP) is -1.05. The molecule has 0 aliphatic carbocycles. The Bertz CT molecular complexity index is 768. The van der Waals surface area contributed by atoms with E-state index in [1.54, 1.807) is 7.05 Å². The number of imide groups is 1. The minimum Gasteiger partial charge on any atom is -0.355 e. The number of nitrogens with zero attached hydrogens (tertiary/aromatic N) is 5. The van der Waals surface area contributed by atoms with E-state index in [0.29, 0.717) is 19.0 Å². The molecule has 0 aromatic carbocycles. The molecule has 24 heavy (non-hydrogen) atoms. The van der Waals surface area contributed by atoms with Gasteiger partial charge >= 0.3 is 6.03 Å². The fraction of sp³-hybridized carbons (Fsp3) is 0.357. The lowest BCUT2D eigenvalue weighted by Gasteiger charge is -2.15. The van der Waals surface area contributed by atoms with Crippen molar-refractivity contribution in [2.45, 2.75) is 6.54 Å². The zero-order valence-corrected chi connectivity index (χ0v) is 13.2. The Kier molecular flexibility index (Phi) is 4.54. The zero-order valence-electron chi connectivity index (χ0n) is 13.2. The number of fused-ring (bicyclic) bond motifs is 1. The number of pyridine rings is 1. The van der Waals surface area contributed by atoms with E-state index in [1.165, 1.54) is 4.90 Å². The summed E-state index contributed by atoms with van der Waals surface area (Å²) in [5.74, 6) is 1.08. The molecule has 126 valence electrons. The average Bonchev–Trinajstić information content (AvgIpc) is 3.15. The first-order chi connectivity index (χ1) is 11.7. The number of rotatable bonds is 5. The number of carbonyl (C=O) groups is 2. The van der Waals surface area contributed by atoms with Crippen LogP contribution in [-0.4, -0.2) is 64.1 Å². The molecule has 10 heteroatoms. The molecule has 0 bridgehead atoms. The van der Waals surface area contributed by atoms with Crippen LogP contribution in [-0.2, 0) is 11.3 Å². The fourth-order valence-electron chi connectivity index (χ4n) is 2.36. The second-order valence-electron chi connectivity index (χ2n) is 5.10. The van der Waals surface area contributed by atoms with Crippen molar-refractivity contribution in [3.05, 3.63) is 30.2 Å². The maximum atomic E-state index is 11.5. The third-order valence-electron chi connectivity index (χ3n) is 3.59. The summed E-state index contributed by atoms with van der Waals surface area (Å²) >= 11 is 0. The number of aromatic nitrogens is 3. The molecular formula is C14H18N8O2. The Morgan fingerprint density at radius 3 is 2.96 bits per heavy atom. The SMILES string of the molecule is CN=C(NCCN1C(=O)CNC1=O)NCc1nnc2ccccn12. The monoisotopic (exact) mass is 330 g/mol. The number of carbonyl (C=O) groups excluding carboxylic acids is 2. The fourth-order valence-corrected chi connectivity index (χ4v) is 2.36. The predicted molar refractivity (Wildman–Crippen MR) is 86.3 cm³/mol. The van der Waals surface area contributed by atoms with E-state index in [4.69, 9.17) is 0 Å². The second-order valence-corrected chi connectivity index (χ2v) is 5.10. The highest BCUT2D eigenvalue weighted by atomic mass is 16.2. The smallest absolute Gasteiger partial charge is 0.324 e. The minimum absolute atomic E-state index is 0.0613. The van der Waals surface area contributed by atoms with Gasteiger partial charge in [-0.1, -0.05) is 6.07 Å². The lowest BCUT2D eigenvalue weighted by Crippen LogP contribution is -2.43. The number of aliphatic imine (C=N–C) groups is 1. The Labute approximate surface area is 137 Å². The minimum atomic E-state index is -0.361. The van der Waals surface area contributed by atoms with Crippen molar-refractivity contribution in [3.8, 4) is 0 Å². The van der Waals surface area contributed by atoms with Crippen molar-refractivity contribution >= 4 is 23.5 Å². The summed E-state index contributed by atoms with van der Waals surface area (Å²) in [4.78, 5) is 28.2. The lowest BCUT2D eigenvalue weighted by atomic mass is 10.4. The van der Waals surface area contributed by atoms with Crippen molar-refractivity contribution in [1.82, 2.24) is 35.4 Å². The van der Waals surface area contributed by atoms with Crippen molar-refractivity contribution in [1.29, 1.82) is 0 Å². The number of nitrogens with one attached hydrogen (secondary N) is 3. The van der Waals surface area contributed by atoms with Gasteiger partial charge in [0.25, 0.3) is 0 Å². The molecule has 10 nitrogen and oxygen atoms in total. The van der Waals surface area contributed by atoms with Gasteiger partial charge in [0.1, 0.15) is 0 Å². The summed E-state index contributed by atoms with van der Waals surface area (Å²) in [5.41, 5.74) is 0.774. The highest BCUT2D eigenvalue weighted by molar-refractivity contribution is 6.01. The highest BCUT2D eigenvalue weighted by Crippen LogP contribution is 2.02. The van der Waals surface area contributed by atoms with Gasteiger partial charge in [0, 0.05) is 26.3 Å². The quantitative estimate of drug-likeness (QED) is 0.366. The molecule has 0 atom stereocenters. The van der Waals surface area contributed by atoms with Crippen LogP contribution in [0.5, 0.6) is 0 Å². The van der Waals surface area contributed by atoms with E-state index in [1.807, 2.05) is 28.8 Å². The van der Waals surface area contributed by atoms with E-state index < -0.39 is 0 Å². The van der Waals surface area contributed by atoms with Crippen LogP contribution in [0.15, 0.2) is 29.4 Å². The van der Waals surface area contributed by atoms with Crippen LogP contribution in [0.1, 0.15) is 5.82 Å². The molecular weight excluding hydrogens is 312 g/mol. The summed E-state index contributed by atoms with van der Waals surface area (Å²) in [6, 6.07) is 5.32. The van der Waals surface area contributed by atoms with Crippen LogP contribution in [0.4, 0.5) is 4.79 Å².